The smallest absolute Gasteiger partial charge is 0.237 e. The van der Waals surface area contributed by atoms with E-state index in [0.29, 0.717) is 0 Å². The number of rotatable bonds is 6. The van der Waals surface area contributed by atoms with E-state index in [4.69, 9.17) is 5.73 Å². The first kappa shape index (κ1) is 16.4. The first-order valence-electron chi connectivity index (χ1n) is 6.70. The predicted octanol–water partition coefficient (Wildman–Crippen LogP) is 2.69. The van der Waals surface area contributed by atoms with Crippen molar-refractivity contribution in [1.82, 2.24) is 5.32 Å². The molecule has 0 fully saturated rings. The molecule has 0 rings (SSSR count). The number of nitrogens with one attached hydrogen (secondary N) is 1. The highest BCUT2D eigenvalue weighted by molar-refractivity contribution is 5.82. The second-order valence-corrected chi connectivity index (χ2v) is 6.58. The third kappa shape index (κ3) is 7.37. The molecule has 3 heteroatoms. The second kappa shape index (κ2) is 7.00. The molecule has 0 bridgehead atoms. The molecule has 2 unspecified atom stereocenters. The van der Waals surface area contributed by atoms with Gasteiger partial charge in [0.05, 0.1) is 6.04 Å². The van der Waals surface area contributed by atoms with Gasteiger partial charge in [-0.3, -0.25) is 4.79 Å². The van der Waals surface area contributed by atoms with E-state index in [2.05, 4.69) is 19.2 Å². The van der Waals surface area contributed by atoms with Crippen LogP contribution in [0.5, 0.6) is 0 Å². The Morgan fingerprint density at radius 2 is 1.71 bits per heavy atom. The maximum absolute atomic E-state index is 11.9. The summed E-state index contributed by atoms with van der Waals surface area (Å²) in [6, 6.07) is -0.218. The molecule has 0 heterocycles. The van der Waals surface area contributed by atoms with Gasteiger partial charge in [-0.25, -0.2) is 0 Å². The van der Waals surface area contributed by atoms with E-state index >= 15 is 0 Å². The second-order valence-electron chi connectivity index (χ2n) is 6.58. The van der Waals surface area contributed by atoms with Crippen LogP contribution in [0.2, 0.25) is 0 Å². The highest BCUT2D eigenvalue weighted by Gasteiger charge is 2.27. The van der Waals surface area contributed by atoms with Crippen molar-refractivity contribution in [2.45, 2.75) is 72.9 Å². The number of hydrogen-bond donors (Lipinski definition) is 2. The first-order chi connectivity index (χ1) is 7.64. The van der Waals surface area contributed by atoms with Crippen LogP contribution in [-0.2, 0) is 4.79 Å². The van der Waals surface area contributed by atoms with Crippen molar-refractivity contribution in [3.05, 3.63) is 0 Å². The molecular formula is C14H30N2O. The Labute approximate surface area is 107 Å². The molecule has 0 aliphatic carbocycles. The Kier molecular flexibility index (Phi) is 6.76. The quantitative estimate of drug-likeness (QED) is 0.752. The van der Waals surface area contributed by atoms with Crippen molar-refractivity contribution in [1.29, 1.82) is 0 Å². The van der Waals surface area contributed by atoms with E-state index in [-0.39, 0.29) is 17.4 Å². The van der Waals surface area contributed by atoms with E-state index in [1.807, 2.05) is 27.7 Å². The summed E-state index contributed by atoms with van der Waals surface area (Å²) in [5.74, 6) is 0.698. The van der Waals surface area contributed by atoms with Gasteiger partial charge in [0.25, 0.3) is 0 Å². The van der Waals surface area contributed by atoms with E-state index in [1.54, 1.807) is 0 Å². The van der Waals surface area contributed by atoms with E-state index in [0.717, 1.165) is 18.8 Å². The third-order valence-electron chi connectivity index (χ3n) is 3.02. The molecule has 1 amide bonds. The van der Waals surface area contributed by atoms with Crippen molar-refractivity contribution < 1.29 is 4.79 Å². The minimum atomic E-state index is -0.435. The van der Waals surface area contributed by atoms with Gasteiger partial charge in [0, 0.05) is 6.04 Å². The van der Waals surface area contributed by atoms with Gasteiger partial charge in [0.2, 0.25) is 5.91 Å². The molecule has 0 saturated heterocycles. The molecule has 0 spiro atoms. The van der Waals surface area contributed by atoms with E-state index in [9.17, 15) is 4.79 Å². The minimum Gasteiger partial charge on any atom is -0.352 e. The summed E-state index contributed by atoms with van der Waals surface area (Å²) in [6.07, 6.45) is 3.40. The van der Waals surface area contributed by atoms with E-state index in [1.165, 1.54) is 6.42 Å². The zero-order valence-corrected chi connectivity index (χ0v) is 12.3. The van der Waals surface area contributed by atoms with Crippen LogP contribution in [0, 0.1) is 11.3 Å². The highest BCUT2D eigenvalue weighted by atomic mass is 16.2. The molecule has 102 valence electrons. The van der Waals surface area contributed by atoms with Gasteiger partial charge in [-0.1, -0.05) is 47.5 Å². The zero-order chi connectivity index (χ0) is 13.6. The van der Waals surface area contributed by atoms with Crippen LogP contribution < -0.4 is 11.1 Å². The van der Waals surface area contributed by atoms with Crippen molar-refractivity contribution >= 4 is 5.91 Å². The Bertz CT molecular complexity index is 231. The molecule has 2 atom stereocenters. The molecule has 0 aromatic carbocycles. The molecule has 0 aliphatic rings. The molecule has 0 radical (unpaired) electrons. The number of nitrogens with two attached hydrogens (primary N) is 1. The summed E-state index contributed by atoms with van der Waals surface area (Å²) in [5, 5.41) is 3.00. The van der Waals surface area contributed by atoms with Gasteiger partial charge in [-0.15, -0.1) is 0 Å². The van der Waals surface area contributed by atoms with Gasteiger partial charge in [0.1, 0.15) is 0 Å². The van der Waals surface area contributed by atoms with Crippen LogP contribution in [0.25, 0.3) is 0 Å². The molecule has 0 aliphatic heterocycles. The maximum atomic E-state index is 11.9. The molecular weight excluding hydrogens is 212 g/mol. The average molecular weight is 242 g/mol. The molecule has 0 aromatic heterocycles. The van der Waals surface area contributed by atoms with Gasteiger partial charge < -0.3 is 11.1 Å². The van der Waals surface area contributed by atoms with Gasteiger partial charge >= 0.3 is 0 Å². The van der Waals surface area contributed by atoms with Gasteiger partial charge in [-0.05, 0) is 24.7 Å². The SMILES string of the molecule is CC(C)CCCC(C)NC(=O)C(N)C(C)(C)C. The van der Waals surface area contributed by atoms with E-state index < -0.39 is 6.04 Å². The van der Waals surface area contributed by atoms with Crippen LogP contribution in [-0.4, -0.2) is 18.0 Å². The monoisotopic (exact) mass is 242 g/mol. The molecule has 0 saturated carbocycles. The van der Waals surface area contributed by atoms with Crippen molar-refractivity contribution in [3.63, 3.8) is 0 Å². The fourth-order valence-electron chi connectivity index (χ4n) is 1.63. The summed E-state index contributed by atoms with van der Waals surface area (Å²) in [4.78, 5) is 11.9. The number of carbonyl (C=O) groups excluding carboxylic acids is 1. The van der Waals surface area contributed by atoms with Crippen molar-refractivity contribution in [2.24, 2.45) is 17.1 Å². The summed E-state index contributed by atoms with van der Waals surface area (Å²) in [6.45, 7) is 12.5. The molecule has 17 heavy (non-hydrogen) atoms. The minimum absolute atomic E-state index is 0.0328. The third-order valence-corrected chi connectivity index (χ3v) is 3.02. The topological polar surface area (TPSA) is 55.1 Å². The fraction of sp³-hybridized carbons (Fsp3) is 0.929. The largest absolute Gasteiger partial charge is 0.352 e. The Morgan fingerprint density at radius 1 is 1.18 bits per heavy atom. The van der Waals surface area contributed by atoms with Gasteiger partial charge in [0.15, 0.2) is 0 Å². The summed E-state index contributed by atoms with van der Waals surface area (Å²) in [5.41, 5.74) is 5.73. The lowest BCUT2D eigenvalue weighted by Gasteiger charge is -2.27. The molecule has 3 N–H and O–H groups in total. The van der Waals surface area contributed by atoms with Crippen LogP contribution in [0.3, 0.4) is 0 Å². The average Bonchev–Trinajstić information content (AvgIpc) is 2.14. The number of amides is 1. The lowest BCUT2D eigenvalue weighted by Crippen LogP contribution is -2.50. The lowest BCUT2D eigenvalue weighted by molar-refractivity contribution is -0.125. The van der Waals surface area contributed by atoms with Crippen molar-refractivity contribution in [3.8, 4) is 0 Å². The highest BCUT2D eigenvalue weighted by Crippen LogP contribution is 2.17. The maximum Gasteiger partial charge on any atom is 0.237 e. The number of hydrogen-bond acceptors (Lipinski definition) is 2. The summed E-state index contributed by atoms with van der Waals surface area (Å²) < 4.78 is 0. The van der Waals surface area contributed by atoms with Crippen LogP contribution in [0.15, 0.2) is 0 Å². The first-order valence-corrected chi connectivity index (χ1v) is 6.70. The van der Waals surface area contributed by atoms with Gasteiger partial charge in [-0.2, -0.15) is 0 Å². The number of carbonyl (C=O) groups is 1. The normalized spacial score (nSPS) is 15.8. The molecule has 0 aromatic rings. The van der Waals surface area contributed by atoms with Crippen LogP contribution >= 0.6 is 0 Å². The standard InChI is InChI=1S/C14H30N2O/c1-10(2)8-7-9-11(3)16-13(17)12(15)14(4,5)6/h10-12H,7-9,15H2,1-6H3,(H,16,17). The Hall–Kier alpha value is -0.570. The van der Waals surface area contributed by atoms with Crippen LogP contribution in [0.4, 0.5) is 0 Å². The summed E-state index contributed by atoms with van der Waals surface area (Å²) in [7, 11) is 0. The fourth-order valence-corrected chi connectivity index (χ4v) is 1.63. The zero-order valence-electron chi connectivity index (χ0n) is 12.3. The molecule has 3 nitrogen and oxygen atoms in total. The Balaban J connectivity index is 3.96. The summed E-state index contributed by atoms with van der Waals surface area (Å²) >= 11 is 0. The lowest BCUT2D eigenvalue weighted by atomic mass is 9.87. The predicted molar refractivity (Wildman–Crippen MR) is 73.7 cm³/mol. The Morgan fingerprint density at radius 3 is 2.12 bits per heavy atom. The van der Waals surface area contributed by atoms with Crippen molar-refractivity contribution in [2.75, 3.05) is 0 Å². The van der Waals surface area contributed by atoms with Crippen LogP contribution in [0.1, 0.15) is 60.8 Å².